The van der Waals surface area contributed by atoms with Gasteiger partial charge in [0.2, 0.25) is 0 Å². The molecule has 1 aliphatic carbocycles. The third-order valence-corrected chi connectivity index (χ3v) is 3.31. The molecule has 70 valence electrons. The Balaban J connectivity index is 1.72. The van der Waals surface area contributed by atoms with Crippen LogP contribution in [0, 0.1) is 5.92 Å². The molecule has 4 heteroatoms. The lowest BCUT2D eigenvalue weighted by molar-refractivity contribution is 0.283. The first-order valence-electron chi connectivity index (χ1n) is 4.92. The van der Waals surface area contributed by atoms with Crippen molar-refractivity contribution < 1.29 is 0 Å². The molecular weight excluding hydrogens is 164 g/mol. The highest BCUT2D eigenvalue weighted by molar-refractivity contribution is 5.04. The Morgan fingerprint density at radius 1 is 1.62 bits per heavy atom. The van der Waals surface area contributed by atoms with Crippen LogP contribution >= 0.6 is 0 Å². The number of piperidine rings is 1. The average molecular weight is 178 g/mol. The van der Waals surface area contributed by atoms with Crippen LogP contribution in [0.4, 0.5) is 0 Å². The van der Waals surface area contributed by atoms with Gasteiger partial charge in [-0.2, -0.15) is 0 Å². The number of hydrogen-bond acceptors (Lipinski definition) is 3. The van der Waals surface area contributed by atoms with Crippen molar-refractivity contribution in [2.24, 2.45) is 13.0 Å². The second-order valence-electron chi connectivity index (χ2n) is 4.17. The van der Waals surface area contributed by atoms with Crippen molar-refractivity contribution in [2.75, 3.05) is 6.54 Å². The molecular formula is C9H14N4. The lowest BCUT2D eigenvalue weighted by atomic mass is 10.3. The number of nitrogens with zero attached hydrogens (tertiary/aromatic N) is 4. The Morgan fingerprint density at radius 2 is 2.54 bits per heavy atom. The standard InChI is InChI=1S/C9H14N4/c1-12-8(5-10-11-12)6-13-3-2-7-4-9(7)13/h5,7,9H,2-4,6H2,1H3. The van der Waals surface area contributed by atoms with Gasteiger partial charge in [0, 0.05) is 19.6 Å². The topological polar surface area (TPSA) is 34.0 Å². The van der Waals surface area contributed by atoms with E-state index in [0.717, 1.165) is 18.5 Å². The first kappa shape index (κ1) is 7.50. The molecule has 2 fully saturated rings. The van der Waals surface area contributed by atoms with E-state index in [2.05, 4.69) is 15.2 Å². The Labute approximate surface area is 77.5 Å². The third-order valence-electron chi connectivity index (χ3n) is 3.31. The van der Waals surface area contributed by atoms with E-state index < -0.39 is 0 Å². The van der Waals surface area contributed by atoms with Crippen molar-refractivity contribution in [1.29, 1.82) is 0 Å². The zero-order valence-electron chi connectivity index (χ0n) is 7.85. The van der Waals surface area contributed by atoms with E-state index in [1.807, 2.05) is 17.9 Å². The Hall–Kier alpha value is -0.900. The zero-order valence-corrected chi connectivity index (χ0v) is 7.85. The maximum Gasteiger partial charge on any atom is 0.0738 e. The summed E-state index contributed by atoms with van der Waals surface area (Å²) < 4.78 is 1.87. The van der Waals surface area contributed by atoms with E-state index >= 15 is 0 Å². The van der Waals surface area contributed by atoms with Crippen LogP contribution in [0.15, 0.2) is 6.20 Å². The summed E-state index contributed by atoms with van der Waals surface area (Å²) in [5.41, 5.74) is 1.23. The van der Waals surface area contributed by atoms with Crippen LogP contribution in [0.2, 0.25) is 0 Å². The van der Waals surface area contributed by atoms with Gasteiger partial charge >= 0.3 is 0 Å². The summed E-state index contributed by atoms with van der Waals surface area (Å²) in [4.78, 5) is 2.56. The molecule has 1 aliphatic heterocycles. The van der Waals surface area contributed by atoms with E-state index in [1.54, 1.807) is 0 Å². The first-order chi connectivity index (χ1) is 6.34. The summed E-state index contributed by atoms with van der Waals surface area (Å²) in [5, 5.41) is 7.83. The monoisotopic (exact) mass is 178 g/mol. The Morgan fingerprint density at radius 3 is 3.08 bits per heavy atom. The predicted molar refractivity (Wildman–Crippen MR) is 47.9 cm³/mol. The van der Waals surface area contributed by atoms with Crippen LogP contribution in [-0.2, 0) is 13.6 Å². The van der Waals surface area contributed by atoms with Gasteiger partial charge in [-0.15, -0.1) is 5.10 Å². The Bertz CT molecular complexity index is 319. The van der Waals surface area contributed by atoms with Crippen molar-refractivity contribution in [3.8, 4) is 0 Å². The second-order valence-corrected chi connectivity index (χ2v) is 4.17. The second kappa shape index (κ2) is 2.54. The first-order valence-corrected chi connectivity index (χ1v) is 4.92. The quantitative estimate of drug-likeness (QED) is 0.657. The fourth-order valence-electron chi connectivity index (χ4n) is 2.35. The molecule has 1 aromatic rings. The van der Waals surface area contributed by atoms with E-state index in [0.29, 0.717) is 0 Å². The third kappa shape index (κ3) is 1.16. The highest BCUT2D eigenvalue weighted by atomic mass is 15.4. The predicted octanol–water partition coefficient (Wildman–Crippen LogP) is 0.409. The maximum absolute atomic E-state index is 3.94. The van der Waals surface area contributed by atoms with Gasteiger partial charge in [-0.25, -0.2) is 0 Å². The molecule has 0 spiro atoms. The van der Waals surface area contributed by atoms with Crippen LogP contribution < -0.4 is 0 Å². The molecule has 0 N–H and O–H groups in total. The van der Waals surface area contributed by atoms with Crippen LogP contribution in [0.1, 0.15) is 18.5 Å². The number of likely N-dealkylation sites (tertiary alicyclic amines) is 1. The molecule has 1 saturated heterocycles. The zero-order chi connectivity index (χ0) is 8.84. The van der Waals surface area contributed by atoms with Gasteiger partial charge < -0.3 is 0 Å². The van der Waals surface area contributed by atoms with Crippen molar-refractivity contribution in [3.05, 3.63) is 11.9 Å². The van der Waals surface area contributed by atoms with Crippen molar-refractivity contribution >= 4 is 0 Å². The summed E-state index contributed by atoms with van der Waals surface area (Å²) >= 11 is 0. The molecule has 0 aromatic carbocycles. The summed E-state index contributed by atoms with van der Waals surface area (Å²) in [5.74, 6) is 1.01. The van der Waals surface area contributed by atoms with Crippen LogP contribution in [0.25, 0.3) is 0 Å². The minimum absolute atomic E-state index is 0.884. The lowest BCUT2D eigenvalue weighted by Gasteiger charge is -2.16. The largest absolute Gasteiger partial charge is 0.294 e. The molecule has 3 rings (SSSR count). The number of aromatic nitrogens is 3. The Kier molecular flexibility index (Phi) is 1.47. The normalized spacial score (nSPS) is 32.1. The molecule has 2 aliphatic rings. The highest BCUT2D eigenvalue weighted by Crippen LogP contribution is 2.44. The smallest absolute Gasteiger partial charge is 0.0738 e. The van der Waals surface area contributed by atoms with Gasteiger partial charge in [0.15, 0.2) is 0 Å². The lowest BCUT2D eigenvalue weighted by Crippen LogP contribution is -2.23. The molecule has 2 heterocycles. The minimum atomic E-state index is 0.884. The maximum atomic E-state index is 3.94. The molecule has 1 aromatic heterocycles. The summed E-state index contributed by atoms with van der Waals surface area (Å²) in [6.07, 6.45) is 4.69. The van der Waals surface area contributed by atoms with Gasteiger partial charge in [-0.1, -0.05) is 5.21 Å². The van der Waals surface area contributed by atoms with Crippen molar-refractivity contribution in [3.63, 3.8) is 0 Å². The number of aryl methyl sites for hydroxylation is 1. The molecule has 4 nitrogen and oxygen atoms in total. The SMILES string of the molecule is Cn1nncc1CN1CCC2CC21. The number of fused-ring (bicyclic) bond motifs is 1. The van der Waals surface area contributed by atoms with Crippen LogP contribution in [-0.4, -0.2) is 32.5 Å². The number of rotatable bonds is 2. The molecule has 0 amide bonds. The summed E-state index contributed by atoms with van der Waals surface area (Å²) in [6.45, 7) is 2.30. The van der Waals surface area contributed by atoms with Crippen molar-refractivity contribution in [1.82, 2.24) is 19.9 Å². The van der Waals surface area contributed by atoms with Crippen LogP contribution in [0.5, 0.6) is 0 Å². The van der Waals surface area contributed by atoms with Gasteiger partial charge in [0.1, 0.15) is 0 Å². The minimum Gasteiger partial charge on any atom is -0.294 e. The van der Waals surface area contributed by atoms with E-state index in [9.17, 15) is 0 Å². The van der Waals surface area contributed by atoms with E-state index in [1.165, 1.54) is 25.1 Å². The number of hydrogen-bond donors (Lipinski definition) is 0. The molecule has 2 atom stereocenters. The molecule has 1 saturated carbocycles. The van der Waals surface area contributed by atoms with Gasteiger partial charge in [-0.05, 0) is 25.3 Å². The average Bonchev–Trinajstić information content (AvgIpc) is 2.65. The fourth-order valence-corrected chi connectivity index (χ4v) is 2.35. The fraction of sp³-hybridized carbons (Fsp3) is 0.778. The van der Waals surface area contributed by atoms with Gasteiger partial charge in [0.05, 0.1) is 11.9 Å². The van der Waals surface area contributed by atoms with Crippen LogP contribution in [0.3, 0.4) is 0 Å². The molecule has 0 radical (unpaired) electrons. The van der Waals surface area contributed by atoms with Gasteiger partial charge in [-0.3, -0.25) is 9.58 Å². The van der Waals surface area contributed by atoms with E-state index in [-0.39, 0.29) is 0 Å². The van der Waals surface area contributed by atoms with E-state index in [4.69, 9.17) is 0 Å². The molecule has 0 bridgehead atoms. The molecule has 13 heavy (non-hydrogen) atoms. The summed E-state index contributed by atoms with van der Waals surface area (Å²) in [7, 11) is 1.96. The van der Waals surface area contributed by atoms with Gasteiger partial charge in [0.25, 0.3) is 0 Å². The summed E-state index contributed by atoms with van der Waals surface area (Å²) in [6, 6.07) is 0.884. The highest BCUT2D eigenvalue weighted by Gasteiger charge is 2.46. The molecule has 2 unspecified atom stereocenters. The van der Waals surface area contributed by atoms with Crippen molar-refractivity contribution in [2.45, 2.75) is 25.4 Å².